The molecule has 1 aliphatic heterocycles. The van der Waals surface area contributed by atoms with Crippen molar-refractivity contribution < 1.29 is 9.13 Å². The van der Waals surface area contributed by atoms with E-state index in [-0.39, 0.29) is 17.5 Å². The summed E-state index contributed by atoms with van der Waals surface area (Å²) in [5.41, 5.74) is 7.32. The van der Waals surface area contributed by atoms with Gasteiger partial charge in [-0.3, -0.25) is 0 Å². The standard InChI is InChI=1S/C14H17BrFNO/c15-12-7-11(16)4-3-10(12)8-14(17)5-6-18-13(14)9-1-2-9/h3-4,7,9,13H,1-2,5-6,8,17H2. The van der Waals surface area contributed by atoms with Crippen LogP contribution in [0.3, 0.4) is 0 Å². The summed E-state index contributed by atoms with van der Waals surface area (Å²) in [5, 5.41) is 0. The third-order valence-electron chi connectivity index (χ3n) is 4.02. The van der Waals surface area contributed by atoms with E-state index in [0.717, 1.165) is 29.5 Å². The number of halogens is 2. The molecule has 3 rings (SSSR count). The molecular formula is C14H17BrFNO. The second-order valence-corrected chi connectivity index (χ2v) is 6.38. The first-order valence-electron chi connectivity index (χ1n) is 6.43. The van der Waals surface area contributed by atoms with Gasteiger partial charge in [0.15, 0.2) is 0 Å². The molecule has 18 heavy (non-hydrogen) atoms. The summed E-state index contributed by atoms with van der Waals surface area (Å²) in [6, 6.07) is 4.81. The van der Waals surface area contributed by atoms with Crippen LogP contribution in [0.4, 0.5) is 4.39 Å². The molecule has 1 saturated carbocycles. The van der Waals surface area contributed by atoms with Gasteiger partial charge in [0.2, 0.25) is 0 Å². The molecule has 2 unspecified atom stereocenters. The molecule has 0 spiro atoms. The fourth-order valence-corrected chi connectivity index (χ4v) is 3.39. The monoisotopic (exact) mass is 313 g/mol. The highest BCUT2D eigenvalue weighted by atomic mass is 79.9. The first-order valence-corrected chi connectivity index (χ1v) is 7.22. The maximum atomic E-state index is 13.1. The zero-order chi connectivity index (χ0) is 12.8. The second-order valence-electron chi connectivity index (χ2n) is 5.52. The topological polar surface area (TPSA) is 35.2 Å². The molecule has 1 aromatic carbocycles. The minimum absolute atomic E-state index is 0.175. The minimum atomic E-state index is -0.290. The van der Waals surface area contributed by atoms with Crippen molar-refractivity contribution in [1.82, 2.24) is 0 Å². The highest BCUT2D eigenvalue weighted by molar-refractivity contribution is 9.10. The molecule has 0 radical (unpaired) electrons. The summed E-state index contributed by atoms with van der Waals surface area (Å²) in [7, 11) is 0. The van der Waals surface area contributed by atoms with Gasteiger partial charge in [-0.25, -0.2) is 4.39 Å². The van der Waals surface area contributed by atoms with Crippen molar-refractivity contribution in [3.05, 3.63) is 34.1 Å². The van der Waals surface area contributed by atoms with E-state index in [1.54, 1.807) is 0 Å². The molecule has 2 fully saturated rings. The number of rotatable bonds is 3. The molecule has 4 heteroatoms. The van der Waals surface area contributed by atoms with E-state index in [4.69, 9.17) is 10.5 Å². The number of hydrogen-bond acceptors (Lipinski definition) is 2. The molecule has 1 saturated heterocycles. The van der Waals surface area contributed by atoms with Crippen molar-refractivity contribution in [2.24, 2.45) is 11.7 Å². The van der Waals surface area contributed by atoms with Crippen LogP contribution in [0.5, 0.6) is 0 Å². The van der Waals surface area contributed by atoms with E-state index in [1.807, 2.05) is 6.07 Å². The van der Waals surface area contributed by atoms with E-state index < -0.39 is 0 Å². The zero-order valence-corrected chi connectivity index (χ0v) is 11.7. The lowest BCUT2D eigenvalue weighted by atomic mass is 9.83. The van der Waals surface area contributed by atoms with Gasteiger partial charge in [-0.2, -0.15) is 0 Å². The number of hydrogen-bond donors (Lipinski definition) is 1. The van der Waals surface area contributed by atoms with Gasteiger partial charge in [-0.05, 0) is 49.3 Å². The molecule has 0 amide bonds. The SMILES string of the molecule is NC1(Cc2ccc(F)cc2Br)CCOC1C1CC1. The van der Waals surface area contributed by atoms with Crippen LogP contribution in [0.25, 0.3) is 0 Å². The Hall–Kier alpha value is -0.450. The molecule has 2 N–H and O–H groups in total. The molecule has 1 aromatic rings. The van der Waals surface area contributed by atoms with E-state index >= 15 is 0 Å². The van der Waals surface area contributed by atoms with Crippen molar-refractivity contribution >= 4 is 15.9 Å². The quantitative estimate of drug-likeness (QED) is 0.931. The van der Waals surface area contributed by atoms with Crippen LogP contribution in [-0.4, -0.2) is 18.2 Å². The largest absolute Gasteiger partial charge is 0.376 e. The van der Waals surface area contributed by atoms with Crippen molar-refractivity contribution in [2.45, 2.75) is 37.3 Å². The fraction of sp³-hybridized carbons (Fsp3) is 0.571. The van der Waals surface area contributed by atoms with Crippen molar-refractivity contribution in [2.75, 3.05) is 6.61 Å². The minimum Gasteiger partial charge on any atom is -0.376 e. The van der Waals surface area contributed by atoms with Crippen LogP contribution >= 0.6 is 15.9 Å². The predicted molar refractivity (Wildman–Crippen MR) is 71.8 cm³/mol. The maximum Gasteiger partial charge on any atom is 0.124 e. The van der Waals surface area contributed by atoms with E-state index in [2.05, 4.69) is 15.9 Å². The Kier molecular flexibility index (Phi) is 3.20. The van der Waals surface area contributed by atoms with Crippen LogP contribution < -0.4 is 5.73 Å². The lowest BCUT2D eigenvalue weighted by Crippen LogP contribution is -2.50. The molecule has 1 aliphatic carbocycles. The van der Waals surface area contributed by atoms with Gasteiger partial charge in [0, 0.05) is 16.6 Å². The third kappa shape index (κ3) is 2.33. The van der Waals surface area contributed by atoms with Crippen LogP contribution in [0.15, 0.2) is 22.7 Å². The van der Waals surface area contributed by atoms with Crippen LogP contribution in [0.2, 0.25) is 0 Å². The lowest BCUT2D eigenvalue weighted by Gasteiger charge is -2.30. The van der Waals surface area contributed by atoms with Crippen LogP contribution in [0, 0.1) is 11.7 Å². The Labute approximate surface area is 115 Å². The summed E-state index contributed by atoms with van der Waals surface area (Å²) in [6.45, 7) is 0.747. The van der Waals surface area contributed by atoms with Crippen molar-refractivity contribution in [1.29, 1.82) is 0 Å². The lowest BCUT2D eigenvalue weighted by molar-refractivity contribution is 0.0626. The van der Waals surface area contributed by atoms with Gasteiger partial charge in [0.05, 0.1) is 6.10 Å². The Morgan fingerprint density at radius 1 is 1.44 bits per heavy atom. The highest BCUT2D eigenvalue weighted by Crippen LogP contribution is 2.43. The summed E-state index contributed by atoms with van der Waals surface area (Å²) in [6.07, 6.45) is 4.27. The highest BCUT2D eigenvalue weighted by Gasteiger charge is 2.48. The average Bonchev–Trinajstić information content (AvgIpc) is 3.07. The van der Waals surface area contributed by atoms with E-state index in [0.29, 0.717) is 5.92 Å². The van der Waals surface area contributed by atoms with Gasteiger partial charge in [0.1, 0.15) is 5.82 Å². The van der Waals surface area contributed by atoms with Crippen LogP contribution in [0.1, 0.15) is 24.8 Å². The third-order valence-corrected chi connectivity index (χ3v) is 4.75. The Morgan fingerprint density at radius 3 is 2.89 bits per heavy atom. The molecule has 0 aromatic heterocycles. The van der Waals surface area contributed by atoms with Crippen molar-refractivity contribution in [3.8, 4) is 0 Å². The molecule has 2 nitrogen and oxygen atoms in total. The molecule has 2 atom stereocenters. The van der Waals surface area contributed by atoms with Gasteiger partial charge in [-0.15, -0.1) is 0 Å². The first-order chi connectivity index (χ1) is 8.58. The zero-order valence-electron chi connectivity index (χ0n) is 10.2. The first kappa shape index (κ1) is 12.6. The number of nitrogens with two attached hydrogens (primary N) is 1. The average molecular weight is 314 g/mol. The smallest absolute Gasteiger partial charge is 0.124 e. The second kappa shape index (κ2) is 4.58. The summed E-state index contributed by atoms with van der Waals surface area (Å²) < 4.78 is 19.7. The van der Waals surface area contributed by atoms with Crippen LogP contribution in [-0.2, 0) is 11.2 Å². The Morgan fingerprint density at radius 2 is 2.22 bits per heavy atom. The van der Waals surface area contributed by atoms with Gasteiger partial charge in [0.25, 0.3) is 0 Å². The van der Waals surface area contributed by atoms with Crippen molar-refractivity contribution in [3.63, 3.8) is 0 Å². The van der Waals surface area contributed by atoms with E-state index in [9.17, 15) is 4.39 Å². The molecule has 0 bridgehead atoms. The van der Waals surface area contributed by atoms with Gasteiger partial charge in [-0.1, -0.05) is 22.0 Å². The number of benzene rings is 1. The Balaban J connectivity index is 1.81. The fourth-order valence-electron chi connectivity index (χ4n) is 2.90. The Bertz CT molecular complexity index is 463. The molecule has 1 heterocycles. The summed E-state index contributed by atoms with van der Waals surface area (Å²) >= 11 is 3.41. The normalized spacial score (nSPS) is 31.8. The summed E-state index contributed by atoms with van der Waals surface area (Å²) in [5.74, 6) is 0.412. The number of ether oxygens (including phenoxy) is 1. The van der Waals surface area contributed by atoms with E-state index in [1.165, 1.54) is 25.0 Å². The summed E-state index contributed by atoms with van der Waals surface area (Å²) in [4.78, 5) is 0. The maximum absolute atomic E-state index is 13.1. The molecule has 98 valence electrons. The molecular weight excluding hydrogens is 297 g/mol. The van der Waals surface area contributed by atoms with Gasteiger partial charge >= 0.3 is 0 Å². The van der Waals surface area contributed by atoms with Gasteiger partial charge < -0.3 is 10.5 Å². The predicted octanol–water partition coefficient (Wildman–Crippen LogP) is 3.03. The molecule has 2 aliphatic rings.